The summed E-state index contributed by atoms with van der Waals surface area (Å²) in [6, 6.07) is 6.86. The number of aromatic nitrogens is 1. The average Bonchev–Trinajstić information content (AvgIpc) is 2.62. The lowest BCUT2D eigenvalue weighted by Gasteiger charge is -2.24. The fourth-order valence-electron chi connectivity index (χ4n) is 3.06. The van der Waals surface area contributed by atoms with E-state index in [9.17, 15) is 0 Å². The summed E-state index contributed by atoms with van der Waals surface area (Å²) in [4.78, 5) is 2.42. The van der Waals surface area contributed by atoms with Crippen molar-refractivity contribution in [2.24, 2.45) is 0 Å². The quantitative estimate of drug-likeness (QED) is 0.728. The van der Waals surface area contributed by atoms with Crippen LogP contribution in [0.15, 0.2) is 18.2 Å². The van der Waals surface area contributed by atoms with Crippen molar-refractivity contribution in [3.63, 3.8) is 0 Å². The van der Waals surface area contributed by atoms with Gasteiger partial charge in [-0.3, -0.25) is 0 Å². The van der Waals surface area contributed by atoms with Crippen LogP contribution in [0.1, 0.15) is 23.7 Å². The van der Waals surface area contributed by atoms with E-state index in [1.807, 2.05) is 0 Å². The molecule has 2 heterocycles. The molecule has 1 aromatic heterocycles. The van der Waals surface area contributed by atoms with Gasteiger partial charge in [-0.15, -0.1) is 0 Å². The van der Waals surface area contributed by atoms with Gasteiger partial charge in [-0.1, -0.05) is 11.6 Å². The number of hydrogen-bond acceptors (Lipinski definition) is 1. The van der Waals surface area contributed by atoms with Gasteiger partial charge in [-0.2, -0.15) is 0 Å². The van der Waals surface area contributed by atoms with E-state index < -0.39 is 0 Å². The minimum absolute atomic E-state index is 1.08. The molecule has 0 amide bonds. The summed E-state index contributed by atoms with van der Waals surface area (Å²) in [7, 11) is 2.22. The van der Waals surface area contributed by atoms with Crippen LogP contribution in [0, 0.1) is 6.92 Å². The summed E-state index contributed by atoms with van der Waals surface area (Å²) in [6.45, 7) is 7.79. The second kappa shape index (κ2) is 3.88. The minimum atomic E-state index is 1.08. The molecule has 0 aliphatic carbocycles. The van der Waals surface area contributed by atoms with E-state index in [2.05, 4.69) is 48.6 Å². The van der Waals surface area contributed by atoms with Gasteiger partial charge in [0.05, 0.1) is 0 Å². The SMILES string of the molecule is CCn1c2c(c3cc(C)ccc31)CN(C)CC2. The van der Waals surface area contributed by atoms with E-state index in [1.54, 1.807) is 11.3 Å². The highest BCUT2D eigenvalue weighted by Crippen LogP contribution is 2.31. The maximum absolute atomic E-state index is 2.50. The molecule has 0 spiro atoms. The number of hydrogen-bond donors (Lipinski definition) is 0. The summed E-state index contributed by atoms with van der Waals surface area (Å²) >= 11 is 0. The number of aryl methyl sites for hydroxylation is 2. The number of likely N-dealkylation sites (N-methyl/N-ethyl adjacent to an activating group) is 1. The summed E-state index contributed by atoms with van der Waals surface area (Å²) in [6.07, 6.45) is 1.19. The molecule has 1 aliphatic heterocycles. The summed E-state index contributed by atoms with van der Waals surface area (Å²) in [5, 5.41) is 1.47. The van der Waals surface area contributed by atoms with E-state index in [0.29, 0.717) is 0 Å². The van der Waals surface area contributed by atoms with Crippen molar-refractivity contribution in [1.82, 2.24) is 9.47 Å². The van der Waals surface area contributed by atoms with E-state index in [-0.39, 0.29) is 0 Å². The van der Waals surface area contributed by atoms with Crippen molar-refractivity contribution in [3.05, 3.63) is 35.0 Å². The Bertz CT molecular complexity index is 566. The lowest BCUT2D eigenvalue weighted by atomic mass is 10.0. The van der Waals surface area contributed by atoms with Crippen molar-refractivity contribution in [3.8, 4) is 0 Å². The van der Waals surface area contributed by atoms with Crippen LogP contribution in [-0.4, -0.2) is 23.1 Å². The zero-order chi connectivity index (χ0) is 12.0. The third-order valence-electron chi connectivity index (χ3n) is 3.92. The maximum Gasteiger partial charge on any atom is 0.0485 e. The highest BCUT2D eigenvalue weighted by molar-refractivity contribution is 5.86. The largest absolute Gasteiger partial charge is 0.344 e. The molecular weight excluding hydrogens is 208 g/mol. The van der Waals surface area contributed by atoms with Crippen molar-refractivity contribution in [1.29, 1.82) is 0 Å². The van der Waals surface area contributed by atoms with Crippen molar-refractivity contribution in [2.75, 3.05) is 13.6 Å². The molecule has 2 heteroatoms. The van der Waals surface area contributed by atoms with Gasteiger partial charge in [-0.05, 0) is 38.6 Å². The molecular formula is C15H20N2. The van der Waals surface area contributed by atoms with Gasteiger partial charge in [0.15, 0.2) is 0 Å². The van der Waals surface area contributed by atoms with Crippen molar-refractivity contribution < 1.29 is 0 Å². The van der Waals surface area contributed by atoms with Gasteiger partial charge in [0.1, 0.15) is 0 Å². The zero-order valence-corrected chi connectivity index (χ0v) is 11.0. The first-order valence-electron chi connectivity index (χ1n) is 6.50. The second-order valence-corrected chi connectivity index (χ2v) is 5.18. The van der Waals surface area contributed by atoms with E-state index in [0.717, 1.165) is 13.1 Å². The van der Waals surface area contributed by atoms with Gasteiger partial charge in [-0.25, -0.2) is 0 Å². The van der Waals surface area contributed by atoms with Crippen LogP contribution < -0.4 is 0 Å². The molecule has 0 radical (unpaired) electrons. The summed E-state index contributed by atoms with van der Waals surface area (Å²) in [5.74, 6) is 0. The number of nitrogens with zero attached hydrogens (tertiary/aromatic N) is 2. The first-order valence-corrected chi connectivity index (χ1v) is 6.50. The normalized spacial score (nSPS) is 16.4. The highest BCUT2D eigenvalue weighted by Gasteiger charge is 2.21. The third-order valence-corrected chi connectivity index (χ3v) is 3.92. The third kappa shape index (κ3) is 1.59. The second-order valence-electron chi connectivity index (χ2n) is 5.18. The van der Waals surface area contributed by atoms with Crippen LogP contribution >= 0.6 is 0 Å². The standard InChI is InChI=1S/C15H20N2/c1-4-17-14-6-5-11(2)9-12(14)13-10-16(3)8-7-15(13)17/h5-6,9H,4,7-8,10H2,1-3H3. The van der Waals surface area contributed by atoms with Crippen LogP contribution in [0.3, 0.4) is 0 Å². The first kappa shape index (κ1) is 10.8. The Morgan fingerprint density at radius 2 is 2.12 bits per heavy atom. The van der Waals surface area contributed by atoms with Gasteiger partial charge in [0.2, 0.25) is 0 Å². The molecule has 0 fully saturated rings. The van der Waals surface area contributed by atoms with Crippen LogP contribution in [0.5, 0.6) is 0 Å². The molecule has 0 bridgehead atoms. The lowest BCUT2D eigenvalue weighted by molar-refractivity contribution is 0.309. The monoisotopic (exact) mass is 228 g/mol. The topological polar surface area (TPSA) is 8.17 Å². The fourth-order valence-corrected chi connectivity index (χ4v) is 3.06. The van der Waals surface area contributed by atoms with Crippen molar-refractivity contribution >= 4 is 10.9 Å². The highest BCUT2D eigenvalue weighted by atomic mass is 15.1. The molecule has 2 nitrogen and oxygen atoms in total. The molecule has 90 valence electrons. The number of fused-ring (bicyclic) bond motifs is 3. The molecule has 0 unspecified atom stereocenters. The Morgan fingerprint density at radius 3 is 2.88 bits per heavy atom. The van der Waals surface area contributed by atoms with Gasteiger partial charge < -0.3 is 9.47 Å². The minimum Gasteiger partial charge on any atom is -0.344 e. The Morgan fingerprint density at radius 1 is 1.29 bits per heavy atom. The van der Waals surface area contributed by atoms with Crippen LogP contribution in [0.2, 0.25) is 0 Å². The van der Waals surface area contributed by atoms with Crippen LogP contribution in [0.4, 0.5) is 0 Å². The molecule has 1 aromatic carbocycles. The fraction of sp³-hybridized carbons (Fsp3) is 0.467. The van der Waals surface area contributed by atoms with Crippen LogP contribution in [0.25, 0.3) is 10.9 Å². The molecule has 0 saturated carbocycles. The molecule has 0 saturated heterocycles. The number of benzene rings is 1. The van der Waals surface area contributed by atoms with Gasteiger partial charge in [0, 0.05) is 42.7 Å². The van der Waals surface area contributed by atoms with Gasteiger partial charge >= 0.3 is 0 Å². The molecule has 1 aliphatic rings. The molecule has 3 rings (SSSR count). The van der Waals surface area contributed by atoms with E-state index >= 15 is 0 Å². The number of rotatable bonds is 1. The molecule has 17 heavy (non-hydrogen) atoms. The first-order chi connectivity index (χ1) is 8.20. The predicted octanol–water partition coefficient (Wildman–Crippen LogP) is 2.96. The maximum atomic E-state index is 2.50. The lowest BCUT2D eigenvalue weighted by Crippen LogP contribution is -2.27. The summed E-state index contributed by atoms with van der Waals surface area (Å²) < 4.78 is 2.50. The Labute approximate surface area is 103 Å². The Hall–Kier alpha value is -1.28. The molecule has 0 atom stereocenters. The molecule has 0 N–H and O–H groups in total. The van der Waals surface area contributed by atoms with E-state index in [4.69, 9.17) is 0 Å². The van der Waals surface area contributed by atoms with E-state index in [1.165, 1.54) is 29.4 Å². The average molecular weight is 228 g/mol. The Balaban J connectivity index is 2.32. The predicted molar refractivity (Wildman–Crippen MR) is 72.4 cm³/mol. The van der Waals surface area contributed by atoms with Crippen LogP contribution in [-0.2, 0) is 19.5 Å². The Kier molecular flexibility index (Phi) is 2.48. The van der Waals surface area contributed by atoms with Crippen molar-refractivity contribution in [2.45, 2.75) is 33.4 Å². The zero-order valence-electron chi connectivity index (χ0n) is 11.0. The van der Waals surface area contributed by atoms with Gasteiger partial charge in [0.25, 0.3) is 0 Å². The smallest absolute Gasteiger partial charge is 0.0485 e. The summed E-state index contributed by atoms with van der Waals surface area (Å²) in [5.41, 5.74) is 5.89. The molecule has 2 aromatic rings.